The molecule has 2 aliphatic rings. The monoisotopic (exact) mass is 545 g/mol. The zero-order valence-corrected chi connectivity index (χ0v) is 21.6. The van der Waals surface area contributed by atoms with Crippen molar-refractivity contribution in [2.75, 3.05) is 19.6 Å². The van der Waals surface area contributed by atoms with Crippen molar-refractivity contribution in [2.45, 2.75) is 44.7 Å². The summed E-state index contributed by atoms with van der Waals surface area (Å²) in [6, 6.07) is 20.1. The number of hydrogen-bond donors (Lipinski definition) is 0. The van der Waals surface area contributed by atoms with Crippen molar-refractivity contribution in [3.63, 3.8) is 0 Å². The Kier molecular flexibility index (Phi) is 7.92. The van der Waals surface area contributed by atoms with Gasteiger partial charge in [0.25, 0.3) is 0 Å². The topological polar surface area (TPSA) is 3.24 Å². The quantitative estimate of drug-likeness (QED) is 0.268. The summed E-state index contributed by atoms with van der Waals surface area (Å²) >= 11 is 5.99. The lowest BCUT2D eigenvalue weighted by molar-refractivity contribution is -0.137. The van der Waals surface area contributed by atoms with Gasteiger partial charge in [-0.2, -0.15) is 13.2 Å². The molecular weight excluding hydrogens is 517 g/mol. The van der Waals surface area contributed by atoms with E-state index in [1.807, 2.05) is 42.5 Å². The highest BCUT2D eigenvalue weighted by Gasteiger charge is 2.35. The molecule has 38 heavy (non-hydrogen) atoms. The molecule has 0 aromatic heterocycles. The molecule has 7 heteroatoms. The van der Waals surface area contributed by atoms with Gasteiger partial charge in [0.05, 0.1) is 5.56 Å². The van der Waals surface area contributed by atoms with Gasteiger partial charge in [-0.15, -0.1) is 0 Å². The van der Waals surface area contributed by atoms with Gasteiger partial charge in [0.1, 0.15) is 0 Å². The van der Waals surface area contributed by atoms with Crippen LogP contribution in [0.3, 0.4) is 0 Å². The summed E-state index contributed by atoms with van der Waals surface area (Å²) in [5.41, 5.74) is 5.09. The Hall–Kier alpha value is -2.70. The van der Waals surface area contributed by atoms with E-state index in [4.69, 9.17) is 11.6 Å². The summed E-state index contributed by atoms with van der Waals surface area (Å²) in [5, 5.41) is 0.0605. The van der Waals surface area contributed by atoms with E-state index >= 15 is 0 Å². The maximum atomic E-state index is 14.1. The number of rotatable bonds is 7. The molecule has 5 rings (SSSR count). The van der Waals surface area contributed by atoms with Crippen LogP contribution in [0.2, 0.25) is 5.02 Å². The van der Waals surface area contributed by atoms with Crippen molar-refractivity contribution < 1.29 is 22.0 Å². The predicted molar refractivity (Wildman–Crippen MR) is 142 cm³/mol. The fourth-order valence-electron chi connectivity index (χ4n) is 5.75. The van der Waals surface area contributed by atoms with E-state index in [9.17, 15) is 22.0 Å². The van der Waals surface area contributed by atoms with E-state index in [2.05, 4.69) is 11.0 Å². The Morgan fingerprint density at radius 2 is 1.63 bits per heavy atom. The maximum Gasteiger partial charge on any atom is 0.417 e. The first-order valence-electron chi connectivity index (χ1n) is 13.0. The fraction of sp³-hybridized carbons (Fsp3) is 0.355. The Labute approximate surface area is 224 Å². The van der Waals surface area contributed by atoms with Crippen LogP contribution >= 0.6 is 11.6 Å². The molecule has 1 fully saturated rings. The Morgan fingerprint density at radius 3 is 2.34 bits per heavy atom. The van der Waals surface area contributed by atoms with Gasteiger partial charge in [0.15, 0.2) is 0 Å². The van der Waals surface area contributed by atoms with Gasteiger partial charge >= 0.3 is 6.18 Å². The second kappa shape index (κ2) is 11.2. The van der Waals surface area contributed by atoms with E-state index in [-0.39, 0.29) is 17.0 Å². The number of fused-ring (bicyclic) bond motifs is 1. The first-order chi connectivity index (χ1) is 18.2. The van der Waals surface area contributed by atoms with Crippen molar-refractivity contribution in [2.24, 2.45) is 5.92 Å². The number of alkyl halides is 5. The molecule has 0 amide bonds. The molecule has 0 unspecified atom stereocenters. The van der Waals surface area contributed by atoms with Gasteiger partial charge in [-0.25, -0.2) is 8.78 Å². The normalized spacial score (nSPS) is 16.9. The molecule has 1 heterocycles. The molecular formula is C31H29ClF5N. The summed E-state index contributed by atoms with van der Waals surface area (Å²) in [6.45, 7) is 2.05. The lowest BCUT2D eigenvalue weighted by Crippen LogP contribution is -2.48. The highest BCUT2D eigenvalue weighted by molar-refractivity contribution is 6.30. The Morgan fingerprint density at radius 1 is 0.895 bits per heavy atom. The number of aryl methyl sites for hydroxylation is 1. The molecule has 0 spiro atoms. The minimum Gasteiger partial charge on any atom is -0.302 e. The van der Waals surface area contributed by atoms with Crippen LogP contribution in [0.15, 0.2) is 66.7 Å². The maximum absolute atomic E-state index is 14.1. The highest BCUT2D eigenvalue weighted by Crippen LogP contribution is 2.44. The molecule has 1 nitrogen and oxygen atoms in total. The lowest BCUT2D eigenvalue weighted by Gasteiger charge is -2.39. The summed E-state index contributed by atoms with van der Waals surface area (Å²) in [5.74, 6) is 0.426. The van der Waals surface area contributed by atoms with Gasteiger partial charge in [-0.1, -0.05) is 66.2 Å². The van der Waals surface area contributed by atoms with E-state index < -0.39 is 18.2 Å². The van der Waals surface area contributed by atoms with Crippen LogP contribution in [-0.4, -0.2) is 31.0 Å². The summed E-state index contributed by atoms with van der Waals surface area (Å²) < 4.78 is 67.3. The Bertz CT molecular complexity index is 1310. The molecule has 1 aliphatic carbocycles. The van der Waals surface area contributed by atoms with Crippen molar-refractivity contribution >= 4 is 22.7 Å². The lowest BCUT2D eigenvalue weighted by atomic mass is 9.85. The molecule has 3 aromatic carbocycles. The molecule has 1 saturated heterocycles. The van der Waals surface area contributed by atoms with E-state index in [0.717, 1.165) is 66.2 Å². The van der Waals surface area contributed by atoms with Crippen LogP contribution in [0.5, 0.6) is 0 Å². The van der Waals surface area contributed by atoms with Crippen LogP contribution in [0.1, 0.15) is 52.6 Å². The van der Waals surface area contributed by atoms with E-state index in [0.29, 0.717) is 24.5 Å². The molecule has 0 radical (unpaired) electrons. The van der Waals surface area contributed by atoms with Crippen LogP contribution < -0.4 is 0 Å². The van der Waals surface area contributed by atoms with Gasteiger partial charge < -0.3 is 4.90 Å². The first-order valence-corrected chi connectivity index (χ1v) is 13.3. The average Bonchev–Trinajstić information content (AvgIpc) is 3.05. The minimum absolute atomic E-state index is 0.0605. The van der Waals surface area contributed by atoms with Crippen LogP contribution in [0.25, 0.3) is 11.1 Å². The Balaban J connectivity index is 1.49. The SMILES string of the molecule is FC(F)CCN1CC(Cc2ccc(C3=C(c4ccc(Cl)cc4C(F)(F)F)CCCc4ccccc43)cc2)C1. The van der Waals surface area contributed by atoms with Crippen molar-refractivity contribution in [3.05, 3.63) is 105 Å². The third-order valence-corrected chi connectivity index (χ3v) is 7.77. The van der Waals surface area contributed by atoms with Gasteiger partial charge in [0.2, 0.25) is 6.43 Å². The average molecular weight is 546 g/mol. The highest BCUT2D eigenvalue weighted by atomic mass is 35.5. The number of halogens is 6. The third kappa shape index (κ3) is 5.97. The number of benzene rings is 3. The molecule has 0 bridgehead atoms. The summed E-state index contributed by atoms with van der Waals surface area (Å²) in [6.07, 6.45) is -3.98. The zero-order valence-electron chi connectivity index (χ0n) is 20.9. The van der Waals surface area contributed by atoms with Crippen LogP contribution in [0, 0.1) is 5.92 Å². The molecule has 200 valence electrons. The first kappa shape index (κ1) is 26.9. The van der Waals surface area contributed by atoms with Crippen molar-refractivity contribution in [3.8, 4) is 0 Å². The van der Waals surface area contributed by atoms with Gasteiger partial charge in [0, 0.05) is 31.1 Å². The minimum atomic E-state index is -4.53. The third-order valence-electron chi connectivity index (χ3n) is 7.54. The zero-order chi connectivity index (χ0) is 26.9. The molecule has 0 N–H and O–H groups in total. The number of allylic oxidation sites excluding steroid dienone is 1. The number of hydrogen-bond acceptors (Lipinski definition) is 1. The molecule has 1 aliphatic heterocycles. The molecule has 3 aromatic rings. The van der Waals surface area contributed by atoms with Crippen molar-refractivity contribution in [1.82, 2.24) is 4.90 Å². The number of likely N-dealkylation sites (tertiary alicyclic amines) is 1. The number of nitrogens with zero attached hydrogens (tertiary/aromatic N) is 1. The van der Waals surface area contributed by atoms with Gasteiger partial charge in [-0.3, -0.25) is 0 Å². The fourth-order valence-corrected chi connectivity index (χ4v) is 5.92. The molecule has 0 atom stereocenters. The second-order valence-electron chi connectivity index (χ2n) is 10.3. The van der Waals surface area contributed by atoms with Crippen LogP contribution in [-0.2, 0) is 19.0 Å². The van der Waals surface area contributed by atoms with E-state index in [1.54, 1.807) is 0 Å². The smallest absolute Gasteiger partial charge is 0.302 e. The van der Waals surface area contributed by atoms with Crippen molar-refractivity contribution in [1.29, 1.82) is 0 Å². The molecule has 0 saturated carbocycles. The summed E-state index contributed by atoms with van der Waals surface area (Å²) in [4.78, 5) is 2.05. The second-order valence-corrected chi connectivity index (χ2v) is 10.7. The van der Waals surface area contributed by atoms with Crippen LogP contribution in [0.4, 0.5) is 22.0 Å². The summed E-state index contributed by atoms with van der Waals surface area (Å²) in [7, 11) is 0. The van der Waals surface area contributed by atoms with Gasteiger partial charge in [-0.05, 0) is 82.7 Å². The van der Waals surface area contributed by atoms with E-state index in [1.165, 1.54) is 12.1 Å². The predicted octanol–water partition coefficient (Wildman–Crippen LogP) is 8.78. The largest absolute Gasteiger partial charge is 0.417 e. The standard InChI is InChI=1S/C31H29ClF5N/c32-24-12-13-26(28(17-24)31(35,36)37)27-7-3-5-22-4-1-2-6-25(22)30(27)23-10-8-20(9-11-23)16-21-18-38(19-21)15-14-29(33)34/h1-2,4,6,8-13,17,21,29H,3,5,7,14-16,18-19H2.